The van der Waals surface area contributed by atoms with Gasteiger partial charge in [-0.2, -0.15) is 0 Å². The van der Waals surface area contributed by atoms with Gasteiger partial charge in [-0.1, -0.05) is 18.2 Å². The van der Waals surface area contributed by atoms with Gasteiger partial charge in [0.25, 0.3) is 5.91 Å². The van der Waals surface area contributed by atoms with Crippen LogP contribution in [0, 0.1) is 0 Å². The summed E-state index contributed by atoms with van der Waals surface area (Å²) in [5.41, 5.74) is 1.70. The van der Waals surface area contributed by atoms with Crippen molar-refractivity contribution in [1.82, 2.24) is 14.9 Å². The van der Waals surface area contributed by atoms with Crippen LogP contribution in [0.1, 0.15) is 10.4 Å². The Labute approximate surface area is 139 Å². The monoisotopic (exact) mass is 322 g/mol. The van der Waals surface area contributed by atoms with Crippen molar-refractivity contribution in [3.63, 3.8) is 0 Å². The molecule has 0 unspecified atom stereocenters. The number of pyridine rings is 1. The number of rotatable bonds is 2. The molecule has 0 radical (unpaired) electrons. The fourth-order valence-electron chi connectivity index (χ4n) is 3.12. The third-order valence-electron chi connectivity index (χ3n) is 4.44. The van der Waals surface area contributed by atoms with E-state index in [1.165, 1.54) is 6.20 Å². The number of nitrogens with one attached hydrogen (secondary N) is 1. The van der Waals surface area contributed by atoms with Crippen molar-refractivity contribution in [2.75, 3.05) is 31.1 Å². The van der Waals surface area contributed by atoms with Crippen molar-refractivity contribution < 1.29 is 9.90 Å². The van der Waals surface area contributed by atoms with E-state index >= 15 is 0 Å². The van der Waals surface area contributed by atoms with E-state index in [0.29, 0.717) is 13.1 Å². The van der Waals surface area contributed by atoms with E-state index < -0.39 is 0 Å². The first-order chi connectivity index (χ1) is 11.7. The van der Waals surface area contributed by atoms with E-state index in [-0.39, 0.29) is 11.7 Å². The summed E-state index contributed by atoms with van der Waals surface area (Å²) < 4.78 is 0. The topological polar surface area (TPSA) is 72.5 Å². The maximum absolute atomic E-state index is 12.8. The molecule has 1 saturated heterocycles. The highest BCUT2D eigenvalue weighted by molar-refractivity contribution is 6.06. The zero-order chi connectivity index (χ0) is 16.5. The van der Waals surface area contributed by atoms with Crippen LogP contribution in [0.3, 0.4) is 0 Å². The molecule has 6 nitrogen and oxygen atoms in total. The molecule has 24 heavy (non-hydrogen) atoms. The smallest absolute Gasteiger partial charge is 0.256 e. The van der Waals surface area contributed by atoms with Crippen LogP contribution in [0.4, 0.5) is 5.82 Å². The summed E-state index contributed by atoms with van der Waals surface area (Å²) in [7, 11) is 0. The molecule has 2 N–H and O–H groups in total. The van der Waals surface area contributed by atoms with E-state index in [4.69, 9.17) is 0 Å². The molecule has 0 atom stereocenters. The summed E-state index contributed by atoms with van der Waals surface area (Å²) in [6.07, 6.45) is 3.24. The average molecular weight is 322 g/mol. The van der Waals surface area contributed by atoms with Crippen LogP contribution < -0.4 is 4.90 Å². The highest BCUT2D eigenvalue weighted by Crippen LogP contribution is 2.21. The lowest BCUT2D eigenvalue weighted by atomic mass is 10.1. The van der Waals surface area contributed by atoms with Crippen LogP contribution in [-0.2, 0) is 0 Å². The molecule has 6 heteroatoms. The first-order valence-electron chi connectivity index (χ1n) is 7.98. The molecule has 1 aliphatic rings. The minimum absolute atomic E-state index is 0.0609. The summed E-state index contributed by atoms with van der Waals surface area (Å²) in [4.78, 5) is 24.2. The van der Waals surface area contributed by atoms with Crippen LogP contribution in [-0.4, -0.2) is 52.1 Å². The van der Waals surface area contributed by atoms with Crippen LogP contribution in [0.25, 0.3) is 10.9 Å². The number of carbonyl (C=O) groups excluding carboxylic acids is 1. The third-order valence-corrected chi connectivity index (χ3v) is 4.44. The van der Waals surface area contributed by atoms with E-state index in [1.807, 2.05) is 29.2 Å². The second kappa shape index (κ2) is 5.88. The van der Waals surface area contributed by atoms with Crippen molar-refractivity contribution in [3.05, 3.63) is 54.4 Å². The van der Waals surface area contributed by atoms with Gasteiger partial charge in [0.05, 0.1) is 11.8 Å². The standard InChI is InChI=1S/C18H18N4O2/c23-13-5-6-17(20-11-13)21-7-9-22(10-8-21)18(24)15-12-19-16-4-2-1-3-14(15)16/h1-6,11-12,19,23H,7-10H2. The van der Waals surface area contributed by atoms with Gasteiger partial charge in [-0.3, -0.25) is 4.79 Å². The SMILES string of the molecule is O=C(c1c[nH]c2ccccc12)N1CCN(c2ccc(O)cn2)CC1. The summed E-state index contributed by atoms with van der Waals surface area (Å²) >= 11 is 0. The highest BCUT2D eigenvalue weighted by Gasteiger charge is 2.24. The number of fused-ring (bicyclic) bond motifs is 1. The number of benzene rings is 1. The summed E-state index contributed by atoms with van der Waals surface area (Å²) in [6.45, 7) is 2.76. The van der Waals surface area contributed by atoms with E-state index in [9.17, 15) is 9.90 Å². The van der Waals surface area contributed by atoms with Gasteiger partial charge in [0, 0.05) is 43.3 Å². The lowest BCUT2D eigenvalue weighted by molar-refractivity contribution is 0.0748. The highest BCUT2D eigenvalue weighted by atomic mass is 16.3. The molecule has 3 aromatic rings. The molecule has 3 heterocycles. The Morgan fingerprint density at radius 1 is 1.08 bits per heavy atom. The van der Waals surface area contributed by atoms with E-state index in [2.05, 4.69) is 14.9 Å². The van der Waals surface area contributed by atoms with Crippen molar-refractivity contribution in [1.29, 1.82) is 0 Å². The second-order valence-electron chi connectivity index (χ2n) is 5.90. The van der Waals surface area contributed by atoms with Crippen LogP contribution in [0.2, 0.25) is 0 Å². The lowest BCUT2D eigenvalue weighted by Crippen LogP contribution is -2.49. The molecule has 1 aliphatic heterocycles. The molecule has 2 aromatic heterocycles. The normalized spacial score (nSPS) is 15.0. The lowest BCUT2D eigenvalue weighted by Gasteiger charge is -2.35. The molecule has 4 rings (SSSR count). The average Bonchev–Trinajstić information content (AvgIpc) is 3.06. The Hall–Kier alpha value is -3.02. The number of amides is 1. The van der Waals surface area contributed by atoms with Gasteiger partial charge in [-0.15, -0.1) is 0 Å². The van der Waals surface area contributed by atoms with Gasteiger partial charge in [0.1, 0.15) is 11.6 Å². The summed E-state index contributed by atoms with van der Waals surface area (Å²) in [5.74, 6) is 1.05. The van der Waals surface area contributed by atoms with Crippen molar-refractivity contribution >= 4 is 22.6 Å². The Bertz CT molecular complexity index is 864. The van der Waals surface area contributed by atoms with Gasteiger partial charge in [0.15, 0.2) is 0 Å². The number of carbonyl (C=O) groups is 1. The van der Waals surface area contributed by atoms with Crippen LogP contribution in [0.15, 0.2) is 48.8 Å². The molecule has 0 bridgehead atoms. The Balaban J connectivity index is 1.47. The van der Waals surface area contributed by atoms with Gasteiger partial charge >= 0.3 is 0 Å². The number of hydrogen-bond donors (Lipinski definition) is 2. The number of aromatic amines is 1. The van der Waals surface area contributed by atoms with Gasteiger partial charge < -0.3 is 19.9 Å². The molecular formula is C18H18N4O2. The van der Waals surface area contributed by atoms with Gasteiger partial charge in [-0.25, -0.2) is 4.98 Å². The summed E-state index contributed by atoms with van der Waals surface area (Å²) in [5, 5.41) is 10.3. The molecule has 1 amide bonds. The molecule has 0 spiro atoms. The minimum atomic E-state index is 0.0609. The Kier molecular flexibility index (Phi) is 3.57. The number of para-hydroxylation sites is 1. The largest absolute Gasteiger partial charge is 0.506 e. The predicted molar refractivity (Wildman–Crippen MR) is 92.3 cm³/mol. The number of piperazine rings is 1. The van der Waals surface area contributed by atoms with Gasteiger partial charge in [0.2, 0.25) is 0 Å². The summed E-state index contributed by atoms with van der Waals surface area (Å²) in [6, 6.07) is 11.3. The fraction of sp³-hybridized carbons (Fsp3) is 0.222. The zero-order valence-corrected chi connectivity index (χ0v) is 13.1. The maximum Gasteiger partial charge on any atom is 0.256 e. The minimum Gasteiger partial charge on any atom is -0.506 e. The predicted octanol–water partition coefficient (Wildman–Crippen LogP) is 2.23. The van der Waals surface area contributed by atoms with Crippen molar-refractivity contribution in [3.8, 4) is 5.75 Å². The number of hydrogen-bond acceptors (Lipinski definition) is 4. The zero-order valence-electron chi connectivity index (χ0n) is 13.1. The number of H-pyrrole nitrogens is 1. The Morgan fingerprint density at radius 3 is 2.62 bits per heavy atom. The van der Waals surface area contributed by atoms with E-state index in [1.54, 1.807) is 18.3 Å². The fourth-order valence-corrected chi connectivity index (χ4v) is 3.12. The molecule has 1 fully saturated rings. The number of aromatic nitrogens is 2. The third kappa shape index (κ3) is 2.56. The van der Waals surface area contributed by atoms with Crippen LogP contribution in [0.5, 0.6) is 5.75 Å². The van der Waals surface area contributed by atoms with Gasteiger partial charge in [-0.05, 0) is 18.2 Å². The number of nitrogens with zero attached hydrogens (tertiary/aromatic N) is 3. The second-order valence-corrected chi connectivity index (χ2v) is 5.90. The first kappa shape index (κ1) is 14.6. The molecule has 122 valence electrons. The molecule has 0 saturated carbocycles. The molecule has 1 aromatic carbocycles. The number of anilines is 1. The molecule has 0 aliphatic carbocycles. The van der Waals surface area contributed by atoms with Crippen molar-refractivity contribution in [2.45, 2.75) is 0 Å². The maximum atomic E-state index is 12.8. The molecular weight excluding hydrogens is 304 g/mol. The quantitative estimate of drug-likeness (QED) is 0.759. The first-order valence-corrected chi connectivity index (χ1v) is 7.98. The number of aromatic hydroxyl groups is 1. The van der Waals surface area contributed by atoms with Crippen molar-refractivity contribution in [2.24, 2.45) is 0 Å². The van der Waals surface area contributed by atoms with Crippen LogP contribution >= 0.6 is 0 Å². The Morgan fingerprint density at radius 2 is 1.88 bits per heavy atom. The van der Waals surface area contributed by atoms with E-state index in [0.717, 1.165) is 35.4 Å².